The SMILES string of the molecule is CCCCC=C1CCCCC1. The maximum atomic E-state index is 2.49. The normalized spacial score (nSPS) is 18.5. The third kappa shape index (κ3) is 3.60. The van der Waals surface area contributed by atoms with Crippen LogP contribution in [0, 0.1) is 0 Å². The van der Waals surface area contributed by atoms with Crippen molar-refractivity contribution in [3.63, 3.8) is 0 Å². The van der Waals surface area contributed by atoms with Gasteiger partial charge in [0.1, 0.15) is 0 Å². The fraction of sp³-hybridized carbons (Fsp3) is 0.818. The standard InChI is InChI=1S/C11H20/c1-2-3-5-8-11-9-6-4-7-10-11/h8H,2-7,9-10H2,1H3. The van der Waals surface area contributed by atoms with Crippen LogP contribution in [0.25, 0.3) is 0 Å². The van der Waals surface area contributed by atoms with Gasteiger partial charge in [-0.15, -0.1) is 0 Å². The molecule has 0 aromatic heterocycles. The van der Waals surface area contributed by atoms with E-state index in [-0.39, 0.29) is 0 Å². The summed E-state index contributed by atoms with van der Waals surface area (Å²) in [6.07, 6.45) is 13.7. The fourth-order valence-electron chi connectivity index (χ4n) is 1.72. The van der Waals surface area contributed by atoms with Crippen LogP contribution in [0.15, 0.2) is 11.6 Å². The van der Waals surface area contributed by atoms with E-state index in [2.05, 4.69) is 13.0 Å². The summed E-state index contributed by atoms with van der Waals surface area (Å²) in [5.74, 6) is 0. The van der Waals surface area contributed by atoms with Crippen molar-refractivity contribution < 1.29 is 0 Å². The Kier molecular flexibility index (Phi) is 4.33. The molecule has 0 radical (unpaired) electrons. The molecule has 0 aliphatic heterocycles. The molecular weight excluding hydrogens is 132 g/mol. The summed E-state index contributed by atoms with van der Waals surface area (Å²) < 4.78 is 0. The van der Waals surface area contributed by atoms with Crippen LogP contribution in [0.1, 0.15) is 58.3 Å². The second kappa shape index (κ2) is 5.40. The van der Waals surface area contributed by atoms with E-state index >= 15 is 0 Å². The molecule has 0 unspecified atom stereocenters. The number of hydrogen-bond acceptors (Lipinski definition) is 0. The summed E-state index contributed by atoms with van der Waals surface area (Å²) in [4.78, 5) is 0. The highest BCUT2D eigenvalue weighted by atomic mass is 14.1. The molecule has 11 heavy (non-hydrogen) atoms. The largest absolute Gasteiger partial charge is 0.0853 e. The third-order valence-electron chi connectivity index (χ3n) is 2.49. The molecule has 1 rings (SSSR count). The summed E-state index contributed by atoms with van der Waals surface area (Å²) in [5, 5.41) is 0. The van der Waals surface area contributed by atoms with Crippen LogP contribution in [0.2, 0.25) is 0 Å². The Hall–Kier alpha value is -0.260. The van der Waals surface area contributed by atoms with Gasteiger partial charge in [0, 0.05) is 0 Å². The summed E-state index contributed by atoms with van der Waals surface area (Å²) in [6, 6.07) is 0. The van der Waals surface area contributed by atoms with E-state index in [1.54, 1.807) is 5.57 Å². The van der Waals surface area contributed by atoms with Crippen LogP contribution in [0.4, 0.5) is 0 Å². The lowest BCUT2D eigenvalue weighted by molar-refractivity contribution is 0.594. The van der Waals surface area contributed by atoms with E-state index in [9.17, 15) is 0 Å². The molecule has 1 aliphatic carbocycles. The fourth-order valence-corrected chi connectivity index (χ4v) is 1.72. The van der Waals surface area contributed by atoms with Gasteiger partial charge in [0.05, 0.1) is 0 Å². The highest BCUT2D eigenvalue weighted by molar-refractivity contribution is 5.03. The van der Waals surface area contributed by atoms with Gasteiger partial charge < -0.3 is 0 Å². The molecule has 0 aromatic rings. The maximum Gasteiger partial charge on any atom is -0.0320 e. The Labute approximate surface area is 70.7 Å². The molecule has 0 N–H and O–H groups in total. The zero-order valence-corrected chi connectivity index (χ0v) is 7.73. The zero-order chi connectivity index (χ0) is 7.94. The molecule has 1 aliphatic rings. The second-order valence-electron chi connectivity index (χ2n) is 3.57. The topological polar surface area (TPSA) is 0 Å². The van der Waals surface area contributed by atoms with Gasteiger partial charge in [-0.25, -0.2) is 0 Å². The molecular formula is C11H20. The summed E-state index contributed by atoms with van der Waals surface area (Å²) >= 11 is 0. The summed E-state index contributed by atoms with van der Waals surface area (Å²) in [7, 11) is 0. The van der Waals surface area contributed by atoms with Crippen molar-refractivity contribution in [2.45, 2.75) is 58.3 Å². The minimum atomic E-state index is 1.33. The predicted molar refractivity (Wildman–Crippen MR) is 50.7 cm³/mol. The van der Waals surface area contributed by atoms with Gasteiger partial charge in [-0.3, -0.25) is 0 Å². The highest BCUT2D eigenvalue weighted by Crippen LogP contribution is 2.23. The number of unbranched alkanes of at least 4 members (excludes halogenated alkanes) is 2. The van der Waals surface area contributed by atoms with Crippen LogP contribution in [-0.4, -0.2) is 0 Å². The number of hydrogen-bond donors (Lipinski definition) is 0. The van der Waals surface area contributed by atoms with Gasteiger partial charge in [0.15, 0.2) is 0 Å². The molecule has 0 heteroatoms. The quantitative estimate of drug-likeness (QED) is 0.422. The van der Waals surface area contributed by atoms with Gasteiger partial charge in [-0.2, -0.15) is 0 Å². The first-order chi connectivity index (χ1) is 5.43. The van der Waals surface area contributed by atoms with Crippen molar-refractivity contribution in [2.75, 3.05) is 0 Å². The molecule has 0 atom stereocenters. The van der Waals surface area contributed by atoms with Crippen LogP contribution in [0.5, 0.6) is 0 Å². The monoisotopic (exact) mass is 152 g/mol. The average molecular weight is 152 g/mol. The van der Waals surface area contributed by atoms with Crippen LogP contribution in [-0.2, 0) is 0 Å². The first-order valence-corrected chi connectivity index (χ1v) is 5.11. The van der Waals surface area contributed by atoms with Crippen molar-refractivity contribution in [3.8, 4) is 0 Å². The Bertz CT molecular complexity index is 114. The number of rotatable bonds is 3. The Morgan fingerprint density at radius 1 is 1.18 bits per heavy atom. The van der Waals surface area contributed by atoms with Crippen molar-refractivity contribution in [1.82, 2.24) is 0 Å². The first kappa shape index (κ1) is 8.83. The van der Waals surface area contributed by atoms with Crippen LogP contribution < -0.4 is 0 Å². The number of allylic oxidation sites excluding steroid dienone is 2. The van der Waals surface area contributed by atoms with Crippen LogP contribution >= 0.6 is 0 Å². The first-order valence-electron chi connectivity index (χ1n) is 5.11. The van der Waals surface area contributed by atoms with Gasteiger partial charge in [0.25, 0.3) is 0 Å². The third-order valence-corrected chi connectivity index (χ3v) is 2.49. The summed E-state index contributed by atoms with van der Waals surface area (Å²) in [5.41, 5.74) is 1.74. The lowest BCUT2D eigenvalue weighted by Gasteiger charge is -2.12. The van der Waals surface area contributed by atoms with E-state index < -0.39 is 0 Å². The molecule has 1 saturated carbocycles. The smallest absolute Gasteiger partial charge is 0.0320 e. The molecule has 0 heterocycles. The summed E-state index contributed by atoms with van der Waals surface area (Å²) in [6.45, 7) is 2.26. The van der Waals surface area contributed by atoms with E-state index in [0.29, 0.717) is 0 Å². The van der Waals surface area contributed by atoms with Crippen LogP contribution in [0.3, 0.4) is 0 Å². The van der Waals surface area contributed by atoms with Crippen molar-refractivity contribution >= 4 is 0 Å². The van der Waals surface area contributed by atoms with E-state index in [4.69, 9.17) is 0 Å². The lowest BCUT2D eigenvalue weighted by Crippen LogP contribution is -1.93. The Morgan fingerprint density at radius 3 is 2.55 bits per heavy atom. The molecule has 0 spiro atoms. The molecule has 0 aromatic carbocycles. The van der Waals surface area contributed by atoms with Crippen molar-refractivity contribution in [3.05, 3.63) is 11.6 Å². The zero-order valence-electron chi connectivity index (χ0n) is 7.73. The van der Waals surface area contributed by atoms with Gasteiger partial charge in [-0.1, -0.05) is 37.8 Å². The second-order valence-corrected chi connectivity index (χ2v) is 3.57. The molecule has 0 amide bonds. The molecule has 0 saturated heterocycles. The van der Waals surface area contributed by atoms with Crippen molar-refractivity contribution in [1.29, 1.82) is 0 Å². The molecule has 0 bridgehead atoms. The molecule has 64 valence electrons. The van der Waals surface area contributed by atoms with Gasteiger partial charge in [-0.05, 0) is 32.1 Å². The van der Waals surface area contributed by atoms with E-state index in [0.717, 1.165) is 0 Å². The highest BCUT2D eigenvalue weighted by Gasteiger charge is 2.03. The Morgan fingerprint density at radius 2 is 1.91 bits per heavy atom. The minimum Gasteiger partial charge on any atom is -0.0853 e. The minimum absolute atomic E-state index is 1.33. The molecule has 0 nitrogen and oxygen atoms in total. The Balaban J connectivity index is 2.15. The average Bonchev–Trinajstić information content (AvgIpc) is 2.07. The van der Waals surface area contributed by atoms with Crippen molar-refractivity contribution in [2.24, 2.45) is 0 Å². The lowest BCUT2D eigenvalue weighted by atomic mass is 9.94. The molecule has 1 fully saturated rings. The van der Waals surface area contributed by atoms with Gasteiger partial charge >= 0.3 is 0 Å². The van der Waals surface area contributed by atoms with E-state index in [1.165, 1.54) is 51.4 Å². The van der Waals surface area contributed by atoms with E-state index in [1.807, 2.05) is 0 Å². The maximum absolute atomic E-state index is 2.49. The predicted octanol–water partition coefficient (Wildman–Crippen LogP) is 4.07. The van der Waals surface area contributed by atoms with Gasteiger partial charge in [0.2, 0.25) is 0 Å².